The fourth-order valence-electron chi connectivity index (χ4n) is 18.5. The molecule has 0 amide bonds. The minimum absolute atomic E-state index is 0.141. The zero-order chi connectivity index (χ0) is 46.0. The Hall–Kier alpha value is -3.30. The van der Waals surface area contributed by atoms with E-state index in [2.05, 4.69) is 101 Å². The maximum atomic E-state index is 15.6. The van der Waals surface area contributed by atoms with Crippen molar-refractivity contribution in [1.29, 1.82) is 0 Å². The number of benzene rings is 1. The first-order valence-electron chi connectivity index (χ1n) is 26.3. The number of aromatic amines is 1. The Morgan fingerprint density at radius 1 is 0.939 bits per heavy atom. The number of nitrogens with one attached hydrogen (secondary N) is 1. The van der Waals surface area contributed by atoms with Crippen molar-refractivity contribution in [2.75, 3.05) is 13.2 Å². The van der Waals surface area contributed by atoms with Crippen LogP contribution in [-0.2, 0) is 38.4 Å². The van der Waals surface area contributed by atoms with Crippen LogP contribution < -0.4 is 0 Å². The summed E-state index contributed by atoms with van der Waals surface area (Å²) in [5.74, 6) is 1.24. The average molecular weight is 897 g/mol. The number of aliphatic hydroxyl groups excluding tert-OH is 1. The van der Waals surface area contributed by atoms with Crippen molar-refractivity contribution < 1.29 is 29.3 Å². The number of fused-ring (bicyclic) bond motifs is 2. The normalized spacial score (nSPS) is 41.2. The molecule has 8 heteroatoms. The molecule has 2 bridgehead atoms. The number of aliphatic hydroxyl groups is 2. The highest BCUT2D eigenvalue weighted by Gasteiger charge is 2.78. The van der Waals surface area contributed by atoms with Gasteiger partial charge >= 0.3 is 0 Å². The largest absolute Gasteiger partial charge is 0.390 e. The number of carbonyl (C=O) groups excluding carboxylic acids is 2. The minimum atomic E-state index is -1.27. The van der Waals surface area contributed by atoms with Crippen molar-refractivity contribution in [2.45, 2.75) is 187 Å². The van der Waals surface area contributed by atoms with Crippen LogP contribution in [0.4, 0.5) is 0 Å². The van der Waals surface area contributed by atoms with Crippen LogP contribution in [0.25, 0.3) is 11.0 Å². The van der Waals surface area contributed by atoms with Crippen LogP contribution in [0.5, 0.6) is 0 Å². The summed E-state index contributed by atoms with van der Waals surface area (Å²) in [6, 6.07) is 7.15. The standard InChI is InChI=1S/C58H76N2O6/c1-34-25-35(27-38(26-34)36-16-23-65-24-17-36)28-39-32-60-33-41-46-47(53(4,29-43(62)50-52(2,3)66-50)20-13-37-31-59-48(39)49(37)60)42(61)30-57(46)18-10-19-58(41,64)51-54(5)21-15-45(63)56(7,40-11-8-9-12-40)44(54)14-22-55(51,57)6/h10,19,25-27,31-32,36,40-41,43-44,50-51,59,62,64H,8-9,11-18,20-24,28-30,33H2,1-7H3. The number of epoxide rings is 1. The first kappa shape index (κ1) is 43.9. The smallest absolute Gasteiger partial charge is 0.160 e. The van der Waals surface area contributed by atoms with E-state index in [1.54, 1.807) is 0 Å². The molecule has 3 aromatic rings. The number of rotatable bonds is 7. The molecule has 13 rings (SSSR count). The molecular formula is C58H76N2O6. The number of hydrogen-bond acceptors (Lipinski definition) is 6. The summed E-state index contributed by atoms with van der Waals surface area (Å²) >= 11 is 0. The second-order valence-corrected chi connectivity index (χ2v) is 25.3. The molecule has 66 heavy (non-hydrogen) atoms. The Bertz CT molecular complexity index is 2580. The Labute approximate surface area is 392 Å². The molecule has 3 N–H and O–H groups in total. The van der Waals surface area contributed by atoms with Crippen LogP contribution >= 0.6 is 0 Å². The third kappa shape index (κ3) is 5.95. The summed E-state index contributed by atoms with van der Waals surface area (Å²) in [5.41, 5.74) is 7.07. The number of H-pyrrole nitrogens is 1. The topological polar surface area (TPSA) is 117 Å². The summed E-state index contributed by atoms with van der Waals surface area (Å²) in [6.45, 7) is 18.1. The molecular weight excluding hydrogens is 821 g/mol. The van der Waals surface area contributed by atoms with Gasteiger partial charge in [0.2, 0.25) is 0 Å². The Morgan fingerprint density at radius 2 is 1.70 bits per heavy atom. The summed E-state index contributed by atoms with van der Waals surface area (Å²) in [5, 5.41) is 26.7. The molecule has 4 saturated carbocycles. The van der Waals surface area contributed by atoms with Gasteiger partial charge in [-0.25, -0.2) is 0 Å². The molecule has 8 nitrogen and oxygen atoms in total. The van der Waals surface area contributed by atoms with E-state index in [9.17, 15) is 15.0 Å². The SMILES string of the molecule is Cc1cc(Cc2cn3c4c(c[nH]c24)CCC(C)(CC(O)C2OC2(C)C)C2=C4C(C3)C3(O)C=CCC4(CC2=O)C2(C)CCC4C(C)(CCC(=O)C4(C)C4CCCC4)C32)cc(C2CCOCC2)c1. The van der Waals surface area contributed by atoms with Crippen LogP contribution in [0, 0.1) is 57.7 Å². The number of ether oxygens (including phenoxy) is 2. The molecule has 1 aromatic carbocycles. The van der Waals surface area contributed by atoms with E-state index in [-0.39, 0.29) is 40.5 Å². The summed E-state index contributed by atoms with van der Waals surface area (Å²) < 4.78 is 14.3. The predicted octanol–water partition coefficient (Wildman–Crippen LogP) is 10.8. The van der Waals surface area contributed by atoms with Crippen LogP contribution in [0.15, 0.2) is 53.9 Å². The van der Waals surface area contributed by atoms with E-state index in [0.29, 0.717) is 49.8 Å². The molecule has 2 saturated heterocycles. The molecule has 7 aliphatic carbocycles. The summed E-state index contributed by atoms with van der Waals surface area (Å²) in [4.78, 5) is 34.0. The van der Waals surface area contributed by atoms with E-state index in [1.807, 2.05) is 0 Å². The first-order valence-corrected chi connectivity index (χ1v) is 26.3. The zero-order valence-corrected chi connectivity index (χ0v) is 41.0. The lowest BCUT2D eigenvalue weighted by molar-refractivity contribution is -0.249. The summed E-state index contributed by atoms with van der Waals surface area (Å²) in [6.07, 6.45) is 21.9. The van der Waals surface area contributed by atoms with Gasteiger partial charge in [0.25, 0.3) is 0 Å². The van der Waals surface area contributed by atoms with E-state index in [0.717, 1.165) is 88.5 Å². The molecule has 2 aromatic heterocycles. The lowest BCUT2D eigenvalue weighted by atomic mass is 9.31. The van der Waals surface area contributed by atoms with Crippen molar-refractivity contribution in [3.63, 3.8) is 0 Å². The van der Waals surface area contributed by atoms with Crippen molar-refractivity contribution in [3.05, 3.63) is 81.7 Å². The van der Waals surface area contributed by atoms with E-state index < -0.39 is 33.6 Å². The van der Waals surface area contributed by atoms with Crippen molar-refractivity contribution in [2.24, 2.45) is 50.7 Å². The van der Waals surface area contributed by atoms with Gasteiger partial charge < -0.3 is 29.2 Å². The van der Waals surface area contributed by atoms with Gasteiger partial charge in [-0.2, -0.15) is 0 Å². The molecule has 6 fully saturated rings. The highest BCUT2D eigenvalue weighted by atomic mass is 16.6. The maximum Gasteiger partial charge on any atom is 0.160 e. The monoisotopic (exact) mass is 897 g/mol. The lowest BCUT2D eigenvalue weighted by Gasteiger charge is -2.73. The average Bonchev–Trinajstić information content (AvgIpc) is 3.78. The molecule has 1 spiro atoms. The molecule has 354 valence electrons. The van der Waals surface area contributed by atoms with E-state index >= 15 is 4.79 Å². The number of aromatic nitrogens is 2. The van der Waals surface area contributed by atoms with Crippen LogP contribution in [-0.4, -0.2) is 68.0 Å². The van der Waals surface area contributed by atoms with Gasteiger partial charge in [-0.15, -0.1) is 0 Å². The number of carbonyl (C=O) groups is 2. The van der Waals surface area contributed by atoms with E-state index in [1.165, 1.54) is 51.7 Å². The molecule has 10 aliphatic rings. The zero-order valence-electron chi connectivity index (χ0n) is 41.0. The van der Waals surface area contributed by atoms with Gasteiger partial charge in [0.15, 0.2) is 5.78 Å². The van der Waals surface area contributed by atoms with Gasteiger partial charge in [0.1, 0.15) is 11.9 Å². The second kappa shape index (κ2) is 14.6. The number of Topliss-reactive ketones (excluding diaryl/α,β-unsaturated/α-hetero) is 2. The van der Waals surface area contributed by atoms with Crippen LogP contribution in [0.1, 0.15) is 165 Å². The molecule has 3 aliphatic heterocycles. The Kier molecular flexibility index (Phi) is 9.73. The molecule has 11 atom stereocenters. The van der Waals surface area contributed by atoms with E-state index in [4.69, 9.17) is 9.47 Å². The number of nitrogens with zero attached hydrogens (tertiary/aromatic N) is 1. The van der Waals surface area contributed by atoms with Gasteiger partial charge in [0.05, 0.1) is 28.3 Å². The van der Waals surface area contributed by atoms with Gasteiger partial charge in [-0.1, -0.05) is 76.5 Å². The van der Waals surface area contributed by atoms with Crippen molar-refractivity contribution in [1.82, 2.24) is 9.55 Å². The Morgan fingerprint density at radius 3 is 2.44 bits per heavy atom. The van der Waals surface area contributed by atoms with Crippen molar-refractivity contribution in [3.8, 4) is 0 Å². The van der Waals surface area contributed by atoms with Gasteiger partial charge in [-0.05, 0) is 153 Å². The number of ketones is 2. The number of allylic oxidation sites excluding steroid dienone is 2. The maximum absolute atomic E-state index is 15.6. The fourth-order valence-corrected chi connectivity index (χ4v) is 18.5. The molecule has 0 radical (unpaired) electrons. The minimum Gasteiger partial charge on any atom is -0.390 e. The molecule has 5 heterocycles. The molecule has 11 unspecified atom stereocenters. The predicted molar refractivity (Wildman–Crippen MR) is 257 cm³/mol. The number of aryl methyl sites for hydroxylation is 2. The Balaban J connectivity index is 1.04. The quantitative estimate of drug-likeness (QED) is 0.161. The van der Waals surface area contributed by atoms with Crippen LogP contribution in [0.3, 0.4) is 0 Å². The number of hydrogen-bond donors (Lipinski definition) is 3. The van der Waals surface area contributed by atoms with Crippen LogP contribution in [0.2, 0.25) is 0 Å². The lowest BCUT2D eigenvalue weighted by Crippen LogP contribution is -2.72. The third-order valence-electron chi connectivity index (χ3n) is 21.4. The second-order valence-electron chi connectivity index (χ2n) is 25.3. The fraction of sp³-hybridized carbons (Fsp3) is 0.690. The third-order valence-corrected chi connectivity index (χ3v) is 21.4. The summed E-state index contributed by atoms with van der Waals surface area (Å²) in [7, 11) is 0. The first-order chi connectivity index (χ1) is 31.4. The van der Waals surface area contributed by atoms with Crippen molar-refractivity contribution >= 4 is 22.6 Å². The highest BCUT2D eigenvalue weighted by Crippen LogP contribution is 2.80. The van der Waals surface area contributed by atoms with Gasteiger partial charge in [0, 0.05) is 79.7 Å². The van der Waals surface area contributed by atoms with Gasteiger partial charge in [-0.3, -0.25) is 9.59 Å². The highest BCUT2D eigenvalue weighted by molar-refractivity contribution is 6.02.